The van der Waals surface area contributed by atoms with Gasteiger partial charge in [-0.05, 0) is 55.3 Å². The summed E-state index contributed by atoms with van der Waals surface area (Å²) >= 11 is 1.57. The molecule has 0 bridgehead atoms. The normalized spacial score (nSPS) is 17.3. The molecule has 0 amide bonds. The maximum Gasteiger partial charge on any atom is 0.123 e. The number of benzene rings is 2. The van der Waals surface area contributed by atoms with Gasteiger partial charge < -0.3 is 9.47 Å². The Bertz CT molecular complexity index is 1060. The van der Waals surface area contributed by atoms with Crippen molar-refractivity contribution in [1.29, 1.82) is 0 Å². The summed E-state index contributed by atoms with van der Waals surface area (Å²) in [7, 11) is 1.60. The van der Waals surface area contributed by atoms with Gasteiger partial charge in [-0.25, -0.2) is 9.37 Å². The number of ether oxygens (including phenoxy) is 2. The minimum absolute atomic E-state index is 0.265. The minimum atomic E-state index is -0.265. The van der Waals surface area contributed by atoms with Crippen molar-refractivity contribution in [2.45, 2.75) is 25.3 Å². The summed E-state index contributed by atoms with van der Waals surface area (Å²) < 4.78 is 25.0. The number of hydrogen-bond acceptors (Lipinski definition) is 6. The van der Waals surface area contributed by atoms with E-state index >= 15 is 0 Å². The van der Waals surface area contributed by atoms with Gasteiger partial charge in [0.2, 0.25) is 0 Å². The Labute approximate surface area is 198 Å². The summed E-state index contributed by atoms with van der Waals surface area (Å²) in [6.45, 7) is 6.36. The quantitative estimate of drug-likeness (QED) is 0.456. The first kappa shape index (κ1) is 22.3. The SMILES string of the molecule is COc1ccc(F)cc1Cc1nc(-c2ccc(OCCN3CCN(C4CC4)CC3)cc2)cs1. The third-order valence-electron chi connectivity index (χ3n) is 6.43. The zero-order valence-electron chi connectivity index (χ0n) is 19.0. The summed E-state index contributed by atoms with van der Waals surface area (Å²) in [5.74, 6) is 1.30. The molecule has 0 spiro atoms. The topological polar surface area (TPSA) is 37.8 Å². The van der Waals surface area contributed by atoms with Crippen LogP contribution in [0.25, 0.3) is 11.3 Å². The highest BCUT2D eigenvalue weighted by Gasteiger charge is 2.30. The molecule has 5 nitrogen and oxygen atoms in total. The summed E-state index contributed by atoms with van der Waals surface area (Å²) in [5, 5.41) is 2.97. The van der Waals surface area contributed by atoms with Gasteiger partial charge in [-0.3, -0.25) is 9.80 Å². The Morgan fingerprint density at radius 1 is 1.06 bits per heavy atom. The number of thiazole rings is 1. The van der Waals surface area contributed by atoms with E-state index in [1.807, 2.05) is 29.6 Å². The van der Waals surface area contributed by atoms with Crippen LogP contribution in [0.1, 0.15) is 23.4 Å². The molecule has 2 fully saturated rings. The molecule has 3 aromatic rings. The smallest absolute Gasteiger partial charge is 0.123 e. The number of hydrogen-bond donors (Lipinski definition) is 0. The van der Waals surface area contributed by atoms with Crippen molar-refractivity contribution in [3.8, 4) is 22.8 Å². The van der Waals surface area contributed by atoms with Gasteiger partial charge >= 0.3 is 0 Å². The van der Waals surface area contributed by atoms with Gasteiger partial charge in [0.25, 0.3) is 0 Å². The van der Waals surface area contributed by atoms with Crippen molar-refractivity contribution in [2.24, 2.45) is 0 Å². The highest BCUT2D eigenvalue weighted by Crippen LogP contribution is 2.29. The molecule has 0 unspecified atom stereocenters. The lowest BCUT2D eigenvalue weighted by molar-refractivity contribution is 0.112. The van der Waals surface area contributed by atoms with E-state index in [1.165, 1.54) is 38.1 Å². The highest BCUT2D eigenvalue weighted by molar-refractivity contribution is 7.10. The maximum absolute atomic E-state index is 13.6. The van der Waals surface area contributed by atoms with E-state index in [0.717, 1.165) is 53.3 Å². The van der Waals surface area contributed by atoms with E-state index in [0.29, 0.717) is 18.8 Å². The Kier molecular flexibility index (Phi) is 6.90. The molecule has 5 rings (SSSR count). The zero-order valence-corrected chi connectivity index (χ0v) is 19.8. The van der Waals surface area contributed by atoms with Crippen molar-refractivity contribution >= 4 is 11.3 Å². The van der Waals surface area contributed by atoms with Crippen LogP contribution in [0.2, 0.25) is 0 Å². The molecule has 0 radical (unpaired) electrons. The zero-order chi connectivity index (χ0) is 22.6. The number of aromatic nitrogens is 1. The Balaban J connectivity index is 1.12. The average molecular weight is 468 g/mol. The Morgan fingerprint density at radius 3 is 2.58 bits per heavy atom. The molecule has 33 heavy (non-hydrogen) atoms. The standard InChI is InChI=1S/C26H30FN3O2S/c1-31-25-9-4-21(27)16-20(25)17-26-28-24(18-33-26)19-2-7-23(8-3-19)32-15-14-29-10-12-30(13-11-29)22-5-6-22/h2-4,7-9,16,18,22H,5-6,10-15,17H2,1H3. The van der Waals surface area contributed by atoms with E-state index in [-0.39, 0.29) is 5.82 Å². The molecule has 0 atom stereocenters. The van der Waals surface area contributed by atoms with E-state index < -0.39 is 0 Å². The monoisotopic (exact) mass is 467 g/mol. The van der Waals surface area contributed by atoms with Crippen molar-refractivity contribution in [2.75, 3.05) is 46.4 Å². The molecule has 2 heterocycles. The lowest BCUT2D eigenvalue weighted by Crippen LogP contribution is -2.48. The van der Waals surface area contributed by atoms with Crippen molar-refractivity contribution in [3.63, 3.8) is 0 Å². The summed E-state index contributed by atoms with van der Waals surface area (Å²) in [4.78, 5) is 9.88. The van der Waals surface area contributed by atoms with Crippen LogP contribution in [-0.2, 0) is 6.42 Å². The molecule has 1 saturated carbocycles. The van der Waals surface area contributed by atoms with E-state index in [2.05, 4.69) is 9.80 Å². The van der Waals surface area contributed by atoms with Crippen LogP contribution in [0.15, 0.2) is 47.8 Å². The average Bonchev–Trinajstić information content (AvgIpc) is 3.59. The molecule has 7 heteroatoms. The van der Waals surface area contributed by atoms with Gasteiger partial charge in [0.1, 0.15) is 23.9 Å². The maximum atomic E-state index is 13.6. The summed E-state index contributed by atoms with van der Waals surface area (Å²) in [6.07, 6.45) is 3.33. The van der Waals surface area contributed by atoms with Gasteiger partial charge in [-0.1, -0.05) is 0 Å². The van der Waals surface area contributed by atoms with Crippen molar-refractivity contribution in [1.82, 2.24) is 14.8 Å². The summed E-state index contributed by atoms with van der Waals surface area (Å²) in [6, 6.07) is 13.6. The second-order valence-electron chi connectivity index (χ2n) is 8.74. The molecular formula is C26H30FN3O2S. The van der Waals surface area contributed by atoms with Gasteiger partial charge in [-0.15, -0.1) is 11.3 Å². The molecule has 2 aliphatic rings. The number of piperazine rings is 1. The fourth-order valence-electron chi connectivity index (χ4n) is 4.38. The third-order valence-corrected chi connectivity index (χ3v) is 7.28. The Morgan fingerprint density at radius 2 is 1.85 bits per heavy atom. The molecule has 174 valence electrons. The van der Waals surface area contributed by atoms with Crippen LogP contribution in [0.5, 0.6) is 11.5 Å². The second-order valence-corrected chi connectivity index (χ2v) is 9.68. The number of halogens is 1. The number of methoxy groups -OCH3 is 1. The lowest BCUT2D eigenvalue weighted by Gasteiger charge is -2.34. The van der Waals surface area contributed by atoms with Gasteiger partial charge in [0.05, 0.1) is 17.8 Å². The van der Waals surface area contributed by atoms with Gasteiger partial charge in [0, 0.05) is 61.7 Å². The molecule has 2 aromatic carbocycles. The van der Waals surface area contributed by atoms with Crippen molar-refractivity contribution in [3.05, 3.63) is 64.2 Å². The van der Waals surface area contributed by atoms with E-state index in [9.17, 15) is 4.39 Å². The minimum Gasteiger partial charge on any atom is -0.496 e. The van der Waals surface area contributed by atoms with Crippen molar-refractivity contribution < 1.29 is 13.9 Å². The van der Waals surface area contributed by atoms with Crippen LogP contribution in [0, 0.1) is 5.82 Å². The molecule has 1 aliphatic carbocycles. The van der Waals surface area contributed by atoms with Crippen LogP contribution < -0.4 is 9.47 Å². The fourth-order valence-corrected chi connectivity index (χ4v) is 5.21. The van der Waals surface area contributed by atoms with Crippen LogP contribution >= 0.6 is 11.3 Å². The predicted octanol–water partition coefficient (Wildman–Crippen LogP) is 4.71. The third kappa shape index (κ3) is 5.72. The lowest BCUT2D eigenvalue weighted by atomic mass is 10.1. The largest absolute Gasteiger partial charge is 0.496 e. The highest BCUT2D eigenvalue weighted by atomic mass is 32.1. The van der Waals surface area contributed by atoms with Crippen LogP contribution in [0.4, 0.5) is 4.39 Å². The molecular weight excluding hydrogens is 437 g/mol. The summed E-state index contributed by atoms with van der Waals surface area (Å²) in [5.41, 5.74) is 2.77. The van der Waals surface area contributed by atoms with E-state index in [1.54, 1.807) is 24.5 Å². The van der Waals surface area contributed by atoms with Crippen LogP contribution in [0.3, 0.4) is 0 Å². The van der Waals surface area contributed by atoms with Gasteiger partial charge in [0.15, 0.2) is 0 Å². The Hall–Kier alpha value is -2.48. The predicted molar refractivity (Wildman–Crippen MR) is 130 cm³/mol. The molecule has 0 N–H and O–H groups in total. The molecule has 1 saturated heterocycles. The van der Waals surface area contributed by atoms with E-state index in [4.69, 9.17) is 14.5 Å². The van der Waals surface area contributed by atoms with Gasteiger partial charge in [-0.2, -0.15) is 0 Å². The fraction of sp³-hybridized carbons (Fsp3) is 0.423. The number of nitrogens with zero attached hydrogens (tertiary/aromatic N) is 3. The first-order chi connectivity index (χ1) is 16.2. The molecule has 1 aliphatic heterocycles. The second kappa shape index (κ2) is 10.2. The number of rotatable bonds is 9. The first-order valence-electron chi connectivity index (χ1n) is 11.6. The molecule has 1 aromatic heterocycles. The van der Waals surface area contributed by atoms with Crippen LogP contribution in [-0.4, -0.2) is 67.3 Å². The first-order valence-corrected chi connectivity index (χ1v) is 12.5.